The molecule has 0 bridgehead atoms. The molecule has 2 N–H and O–H groups in total. The molecule has 0 aliphatic heterocycles. The monoisotopic (exact) mass is 474 g/mol. The molecule has 0 saturated carbocycles. The third-order valence-corrected chi connectivity index (χ3v) is 6.19. The van der Waals surface area contributed by atoms with Crippen molar-refractivity contribution in [3.05, 3.63) is 89.0 Å². The zero-order chi connectivity index (χ0) is 23.7. The smallest absolute Gasteiger partial charge is 0.283 e. The molecule has 0 atom stereocenters. The van der Waals surface area contributed by atoms with Gasteiger partial charge >= 0.3 is 0 Å². The maximum atomic E-state index is 13.6. The molecule has 0 saturated heterocycles. The van der Waals surface area contributed by atoms with Crippen LogP contribution >= 0.6 is 11.8 Å². The van der Waals surface area contributed by atoms with Crippen molar-refractivity contribution < 1.29 is 13.9 Å². The van der Waals surface area contributed by atoms with Crippen LogP contribution in [0.25, 0.3) is 27.6 Å². The summed E-state index contributed by atoms with van der Waals surface area (Å²) in [5.74, 6) is -0.230. The second-order valence-corrected chi connectivity index (χ2v) is 8.42. The lowest BCUT2D eigenvalue weighted by molar-refractivity contribution is -0.113. The Kier molecular flexibility index (Phi) is 5.77. The fourth-order valence-corrected chi connectivity index (χ4v) is 4.52. The first-order valence-electron chi connectivity index (χ1n) is 10.4. The van der Waals surface area contributed by atoms with Crippen molar-refractivity contribution in [1.29, 1.82) is 0 Å². The van der Waals surface area contributed by atoms with Crippen molar-refractivity contribution in [3.8, 4) is 11.4 Å². The van der Waals surface area contributed by atoms with E-state index in [1.165, 1.54) is 22.8 Å². The number of nitrogens with one attached hydrogen (secondary N) is 2. The molecule has 0 radical (unpaired) electrons. The highest BCUT2D eigenvalue weighted by atomic mass is 32.2. The van der Waals surface area contributed by atoms with Crippen LogP contribution in [0.5, 0.6) is 5.75 Å². The number of carbonyl (C=O) groups is 1. The van der Waals surface area contributed by atoms with Gasteiger partial charge < -0.3 is 15.0 Å². The van der Waals surface area contributed by atoms with Gasteiger partial charge in [-0.15, -0.1) is 0 Å². The first-order valence-corrected chi connectivity index (χ1v) is 11.4. The molecule has 1 amide bonds. The van der Waals surface area contributed by atoms with E-state index in [9.17, 15) is 14.0 Å². The molecule has 2 heterocycles. The fraction of sp³-hybridized carbons (Fsp3) is 0.0800. The minimum absolute atomic E-state index is 0.0270. The predicted octanol–water partition coefficient (Wildman–Crippen LogP) is 4.75. The Morgan fingerprint density at radius 1 is 1.12 bits per heavy atom. The summed E-state index contributed by atoms with van der Waals surface area (Å²) in [5.41, 5.74) is 2.33. The number of rotatable bonds is 6. The molecule has 3 aromatic carbocycles. The van der Waals surface area contributed by atoms with Crippen LogP contribution in [0.3, 0.4) is 0 Å². The summed E-state index contributed by atoms with van der Waals surface area (Å²) in [6.45, 7) is 0. The summed E-state index contributed by atoms with van der Waals surface area (Å²) >= 11 is 1.12. The van der Waals surface area contributed by atoms with E-state index >= 15 is 0 Å². The van der Waals surface area contributed by atoms with Gasteiger partial charge in [-0.3, -0.25) is 14.2 Å². The number of aromatic nitrogens is 3. The molecule has 2 aromatic heterocycles. The summed E-state index contributed by atoms with van der Waals surface area (Å²) in [6, 6.07) is 20.3. The molecule has 0 spiro atoms. The van der Waals surface area contributed by atoms with Crippen LogP contribution in [0.4, 0.5) is 10.1 Å². The third-order valence-electron chi connectivity index (χ3n) is 5.25. The molecule has 0 unspecified atom stereocenters. The summed E-state index contributed by atoms with van der Waals surface area (Å²) in [6.07, 6.45) is 0. The van der Waals surface area contributed by atoms with Gasteiger partial charge in [0, 0.05) is 22.7 Å². The van der Waals surface area contributed by atoms with E-state index < -0.39 is 5.82 Å². The fourth-order valence-electron chi connectivity index (χ4n) is 3.71. The van der Waals surface area contributed by atoms with E-state index in [4.69, 9.17) is 9.72 Å². The Hall–Kier alpha value is -4.11. The van der Waals surface area contributed by atoms with Crippen LogP contribution in [-0.2, 0) is 4.79 Å². The van der Waals surface area contributed by atoms with Crippen LogP contribution in [0.1, 0.15) is 0 Å². The summed E-state index contributed by atoms with van der Waals surface area (Å²) in [5, 5.41) is 3.84. The first kappa shape index (κ1) is 21.7. The number of ether oxygens (including phenoxy) is 1. The largest absolute Gasteiger partial charge is 0.497 e. The van der Waals surface area contributed by atoms with Crippen LogP contribution in [0.15, 0.2) is 82.7 Å². The van der Waals surface area contributed by atoms with Gasteiger partial charge in [-0.1, -0.05) is 42.1 Å². The van der Waals surface area contributed by atoms with E-state index in [0.717, 1.165) is 22.7 Å². The number of hydrogen-bond acceptors (Lipinski definition) is 5. The van der Waals surface area contributed by atoms with E-state index in [-0.39, 0.29) is 17.2 Å². The van der Waals surface area contributed by atoms with Crippen molar-refractivity contribution in [2.45, 2.75) is 5.16 Å². The van der Waals surface area contributed by atoms with Crippen molar-refractivity contribution in [2.24, 2.45) is 0 Å². The van der Waals surface area contributed by atoms with Gasteiger partial charge in [0.15, 0.2) is 5.16 Å². The normalized spacial score (nSPS) is 11.1. The molecular weight excluding hydrogens is 455 g/mol. The number of halogens is 1. The molecule has 7 nitrogen and oxygen atoms in total. The number of thioether (sulfide) groups is 1. The molecule has 5 aromatic rings. The topological polar surface area (TPSA) is 89.0 Å². The number of aromatic amines is 1. The average molecular weight is 475 g/mol. The highest BCUT2D eigenvalue weighted by molar-refractivity contribution is 7.99. The van der Waals surface area contributed by atoms with Gasteiger partial charge in [-0.25, -0.2) is 9.37 Å². The molecular formula is C25H19FN4O3S. The quantitative estimate of drug-likeness (QED) is 0.274. The maximum Gasteiger partial charge on any atom is 0.283 e. The number of methoxy groups -OCH3 is 1. The number of carbonyl (C=O) groups excluding carboxylic acids is 1. The highest BCUT2D eigenvalue weighted by Crippen LogP contribution is 2.27. The van der Waals surface area contributed by atoms with Crippen LogP contribution < -0.4 is 15.6 Å². The predicted molar refractivity (Wildman–Crippen MR) is 132 cm³/mol. The van der Waals surface area contributed by atoms with Gasteiger partial charge in [0.2, 0.25) is 5.91 Å². The Bertz CT molecular complexity index is 1590. The second-order valence-electron chi connectivity index (χ2n) is 7.48. The highest BCUT2D eigenvalue weighted by Gasteiger charge is 2.18. The Morgan fingerprint density at radius 3 is 2.76 bits per heavy atom. The van der Waals surface area contributed by atoms with E-state index in [1.807, 2.05) is 24.3 Å². The van der Waals surface area contributed by atoms with E-state index in [0.29, 0.717) is 33.3 Å². The second kappa shape index (κ2) is 9.03. The van der Waals surface area contributed by atoms with Crippen molar-refractivity contribution in [3.63, 3.8) is 0 Å². The van der Waals surface area contributed by atoms with Gasteiger partial charge in [0.25, 0.3) is 5.56 Å². The van der Waals surface area contributed by atoms with E-state index in [2.05, 4.69) is 10.3 Å². The minimum Gasteiger partial charge on any atom is -0.497 e. The Labute approximate surface area is 197 Å². The molecule has 0 fully saturated rings. The van der Waals surface area contributed by atoms with Gasteiger partial charge in [0.1, 0.15) is 22.6 Å². The molecule has 0 aliphatic rings. The number of hydrogen-bond donors (Lipinski definition) is 2. The Balaban J connectivity index is 1.57. The molecule has 170 valence electrons. The minimum atomic E-state index is -0.441. The molecule has 34 heavy (non-hydrogen) atoms. The number of nitrogens with zero attached hydrogens (tertiary/aromatic N) is 2. The number of benzene rings is 3. The van der Waals surface area contributed by atoms with Crippen molar-refractivity contribution >= 4 is 45.3 Å². The third kappa shape index (κ3) is 4.13. The van der Waals surface area contributed by atoms with E-state index in [1.54, 1.807) is 37.4 Å². The average Bonchev–Trinajstić information content (AvgIpc) is 3.22. The van der Waals surface area contributed by atoms with Crippen LogP contribution in [0.2, 0.25) is 0 Å². The summed E-state index contributed by atoms with van der Waals surface area (Å²) in [7, 11) is 1.55. The summed E-state index contributed by atoms with van der Waals surface area (Å²) in [4.78, 5) is 34.1. The summed E-state index contributed by atoms with van der Waals surface area (Å²) < 4.78 is 20.2. The standard InChI is InChI=1S/C25H19FN4O3S/c1-33-18-9-5-8-17(13-18)30-24(32)23-22(19-10-2-3-11-20(19)28-23)29-25(30)34-14-21(31)27-16-7-4-6-15(26)12-16/h2-13,28H,14H2,1H3,(H,27,31). The molecule has 9 heteroatoms. The lowest BCUT2D eigenvalue weighted by atomic mass is 10.2. The lowest BCUT2D eigenvalue weighted by Crippen LogP contribution is -2.23. The van der Waals surface area contributed by atoms with Crippen LogP contribution in [0, 0.1) is 5.82 Å². The van der Waals surface area contributed by atoms with Crippen LogP contribution in [-0.4, -0.2) is 33.3 Å². The first-order chi connectivity index (χ1) is 16.5. The number of fused-ring (bicyclic) bond motifs is 3. The Morgan fingerprint density at radius 2 is 1.94 bits per heavy atom. The number of H-pyrrole nitrogens is 1. The molecule has 5 rings (SSSR count). The van der Waals surface area contributed by atoms with Gasteiger partial charge in [-0.2, -0.15) is 0 Å². The SMILES string of the molecule is COc1cccc(-n2c(SCC(=O)Nc3cccc(F)c3)nc3c([nH]c4ccccc43)c2=O)c1. The zero-order valence-electron chi connectivity index (χ0n) is 18.0. The van der Waals surface area contributed by atoms with Gasteiger partial charge in [0.05, 0.1) is 18.6 Å². The van der Waals surface area contributed by atoms with Gasteiger partial charge in [-0.05, 0) is 36.4 Å². The number of anilines is 1. The number of amides is 1. The molecule has 0 aliphatic carbocycles. The number of para-hydroxylation sites is 1. The maximum absolute atomic E-state index is 13.6. The van der Waals surface area contributed by atoms with Crippen molar-refractivity contribution in [1.82, 2.24) is 14.5 Å². The van der Waals surface area contributed by atoms with Crippen molar-refractivity contribution in [2.75, 3.05) is 18.2 Å². The zero-order valence-corrected chi connectivity index (χ0v) is 18.9. The lowest BCUT2D eigenvalue weighted by Gasteiger charge is -2.13.